The molecule has 0 fully saturated rings. The van der Waals surface area contributed by atoms with E-state index in [1.165, 1.54) is 96.3 Å². The first-order chi connectivity index (χ1) is 13.7. The van der Waals surface area contributed by atoms with Crippen LogP contribution in [0.25, 0.3) is 0 Å². The standard InChI is InChI=1S/C26H50O2/c1-3-5-7-8-9-10-11-12-13-14-15-16-17-18-19-20-21-22-24-25(26(27)28)23-6-4-2/h12-13,25H,3-11,14-24H2,1-2H3,(H,27,28). The lowest BCUT2D eigenvalue weighted by molar-refractivity contribution is -0.142. The molecule has 166 valence electrons. The summed E-state index contributed by atoms with van der Waals surface area (Å²) in [5, 5.41) is 9.24. The van der Waals surface area contributed by atoms with Crippen molar-refractivity contribution in [3.63, 3.8) is 0 Å². The van der Waals surface area contributed by atoms with Gasteiger partial charge in [-0.25, -0.2) is 0 Å². The van der Waals surface area contributed by atoms with Gasteiger partial charge in [0.2, 0.25) is 0 Å². The zero-order chi connectivity index (χ0) is 20.7. The summed E-state index contributed by atoms with van der Waals surface area (Å²) in [6.45, 7) is 4.41. The van der Waals surface area contributed by atoms with Gasteiger partial charge in [-0.2, -0.15) is 0 Å². The molecule has 2 nitrogen and oxygen atoms in total. The Hall–Kier alpha value is -0.790. The lowest BCUT2D eigenvalue weighted by Gasteiger charge is -2.11. The van der Waals surface area contributed by atoms with Crippen molar-refractivity contribution in [3.8, 4) is 0 Å². The van der Waals surface area contributed by atoms with Gasteiger partial charge in [0.25, 0.3) is 0 Å². The number of hydrogen-bond donors (Lipinski definition) is 1. The monoisotopic (exact) mass is 394 g/mol. The van der Waals surface area contributed by atoms with Crippen molar-refractivity contribution in [1.82, 2.24) is 0 Å². The number of unbranched alkanes of at least 4 members (excludes halogenated alkanes) is 15. The minimum atomic E-state index is -0.588. The Morgan fingerprint density at radius 3 is 1.46 bits per heavy atom. The first-order valence-electron chi connectivity index (χ1n) is 12.6. The van der Waals surface area contributed by atoms with Crippen LogP contribution in [0.5, 0.6) is 0 Å². The number of carboxylic acid groups (broad SMARTS) is 1. The highest BCUT2D eigenvalue weighted by Crippen LogP contribution is 2.18. The number of carbonyl (C=O) groups is 1. The predicted octanol–water partition coefficient (Wildman–Crippen LogP) is 9.09. The number of rotatable bonds is 22. The molecule has 0 aliphatic heterocycles. The Kier molecular flexibility index (Phi) is 21.9. The molecule has 2 heteroatoms. The van der Waals surface area contributed by atoms with Crippen LogP contribution in [0, 0.1) is 5.92 Å². The molecule has 0 spiro atoms. The fourth-order valence-electron chi connectivity index (χ4n) is 3.83. The number of allylic oxidation sites excluding steroid dienone is 2. The van der Waals surface area contributed by atoms with Crippen molar-refractivity contribution in [2.24, 2.45) is 5.92 Å². The molecule has 0 aliphatic rings. The number of carboxylic acids is 1. The molecule has 0 amide bonds. The van der Waals surface area contributed by atoms with Crippen molar-refractivity contribution in [3.05, 3.63) is 12.2 Å². The van der Waals surface area contributed by atoms with E-state index in [9.17, 15) is 9.90 Å². The van der Waals surface area contributed by atoms with Crippen LogP contribution >= 0.6 is 0 Å². The predicted molar refractivity (Wildman–Crippen MR) is 124 cm³/mol. The van der Waals surface area contributed by atoms with E-state index in [2.05, 4.69) is 26.0 Å². The topological polar surface area (TPSA) is 37.3 Å². The zero-order valence-corrected chi connectivity index (χ0v) is 19.2. The Morgan fingerprint density at radius 2 is 1.00 bits per heavy atom. The molecule has 0 aromatic heterocycles. The first-order valence-corrected chi connectivity index (χ1v) is 12.6. The highest BCUT2D eigenvalue weighted by Gasteiger charge is 2.15. The number of aliphatic carboxylic acids is 1. The van der Waals surface area contributed by atoms with Crippen LogP contribution in [0.4, 0.5) is 0 Å². The quantitative estimate of drug-likeness (QED) is 0.147. The summed E-state index contributed by atoms with van der Waals surface area (Å²) in [5.74, 6) is -0.691. The van der Waals surface area contributed by atoms with E-state index in [0.717, 1.165) is 32.1 Å². The summed E-state index contributed by atoms with van der Waals surface area (Å²) < 4.78 is 0. The van der Waals surface area contributed by atoms with E-state index in [4.69, 9.17) is 0 Å². The van der Waals surface area contributed by atoms with Crippen LogP contribution in [-0.4, -0.2) is 11.1 Å². The van der Waals surface area contributed by atoms with Gasteiger partial charge < -0.3 is 5.11 Å². The van der Waals surface area contributed by atoms with Gasteiger partial charge in [0.15, 0.2) is 0 Å². The Morgan fingerprint density at radius 1 is 0.607 bits per heavy atom. The highest BCUT2D eigenvalue weighted by atomic mass is 16.4. The second kappa shape index (κ2) is 22.5. The van der Waals surface area contributed by atoms with Crippen molar-refractivity contribution >= 4 is 5.97 Å². The van der Waals surface area contributed by atoms with Crippen LogP contribution in [0.15, 0.2) is 12.2 Å². The summed E-state index contributed by atoms with van der Waals surface area (Å²) in [5.41, 5.74) is 0. The van der Waals surface area contributed by atoms with Crippen LogP contribution < -0.4 is 0 Å². The second-order valence-corrected chi connectivity index (χ2v) is 8.61. The molecule has 0 saturated carbocycles. The molecule has 0 rings (SSSR count). The maximum Gasteiger partial charge on any atom is 0.306 e. The number of hydrogen-bond acceptors (Lipinski definition) is 1. The van der Waals surface area contributed by atoms with Crippen LogP contribution in [0.1, 0.15) is 142 Å². The average Bonchev–Trinajstić information content (AvgIpc) is 2.69. The first kappa shape index (κ1) is 27.2. The van der Waals surface area contributed by atoms with Gasteiger partial charge >= 0.3 is 5.97 Å². The maximum atomic E-state index is 11.2. The smallest absolute Gasteiger partial charge is 0.306 e. The average molecular weight is 395 g/mol. The van der Waals surface area contributed by atoms with Crippen molar-refractivity contribution in [2.75, 3.05) is 0 Å². The van der Waals surface area contributed by atoms with E-state index in [1.54, 1.807) is 0 Å². The molecule has 28 heavy (non-hydrogen) atoms. The van der Waals surface area contributed by atoms with Crippen molar-refractivity contribution in [1.29, 1.82) is 0 Å². The van der Waals surface area contributed by atoms with Crippen LogP contribution in [0.3, 0.4) is 0 Å². The Labute approximate surface area is 176 Å². The molecule has 0 heterocycles. The molecule has 1 atom stereocenters. The molecule has 0 aromatic carbocycles. The molecular formula is C26H50O2. The second-order valence-electron chi connectivity index (χ2n) is 8.61. The van der Waals surface area contributed by atoms with Gasteiger partial charge in [0, 0.05) is 0 Å². The third kappa shape index (κ3) is 20.0. The molecule has 0 aliphatic carbocycles. The van der Waals surface area contributed by atoms with Crippen molar-refractivity contribution < 1.29 is 9.90 Å². The molecule has 0 radical (unpaired) electrons. The normalized spacial score (nSPS) is 12.6. The lowest BCUT2D eigenvalue weighted by Crippen LogP contribution is -2.13. The molecule has 1 N–H and O–H groups in total. The molecule has 1 unspecified atom stereocenters. The summed E-state index contributed by atoms with van der Waals surface area (Å²) in [7, 11) is 0. The minimum absolute atomic E-state index is 0.103. The lowest BCUT2D eigenvalue weighted by atomic mass is 9.95. The van der Waals surface area contributed by atoms with Gasteiger partial charge in [-0.15, -0.1) is 0 Å². The van der Waals surface area contributed by atoms with E-state index in [0.29, 0.717) is 0 Å². The van der Waals surface area contributed by atoms with Gasteiger partial charge in [0.1, 0.15) is 0 Å². The summed E-state index contributed by atoms with van der Waals surface area (Å²) >= 11 is 0. The van der Waals surface area contributed by atoms with Crippen molar-refractivity contribution in [2.45, 2.75) is 142 Å². The fourth-order valence-corrected chi connectivity index (χ4v) is 3.83. The SMILES string of the molecule is CCCCCCCCC=CCCCCCCCCCCC(CCCC)C(=O)O. The fraction of sp³-hybridized carbons (Fsp3) is 0.885. The summed E-state index contributed by atoms with van der Waals surface area (Å²) in [4.78, 5) is 11.2. The maximum absolute atomic E-state index is 11.2. The molecule has 0 aromatic rings. The van der Waals surface area contributed by atoms with E-state index >= 15 is 0 Å². The largest absolute Gasteiger partial charge is 0.481 e. The Bertz CT molecular complexity index is 348. The van der Waals surface area contributed by atoms with Gasteiger partial charge in [-0.3, -0.25) is 4.79 Å². The zero-order valence-electron chi connectivity index (χ0n) is 19.2. The van der Waals surface area contributed by atoms with Gasteiger partial charge in [-0.05, 0) is 38.5 Å². The summed E-state index contributed by atoms with van der Waals surface area (Å²) in [6.07, 6.45) is 29.8. The minimum Gasteiger partial charge on any atom is -0.481 e. The molecule has 0 saturated heterocycles. The third-order valence-electron chi connectivity index (χ3n) is 5.82. The van der Waals surface area contributed by atoms with Gasteiger partial charge in [0.05, 0.1) is 5.92 Å². The molecular weight excluding hydrogens is 344 g/mol. The Balaban J connectivity index is 3.28. The summed E-state index contributed by atoms with van der Waals surface area (Å²) in [6, 6.07) is 0. The van der Waals surface area contributed by atoms with E-state index in [-0.39, 0.29) is 5.92 Å². The van der Waals surface area contributed by atoms with E-state index in [1.807, 2.05) is 0 Å². The van der Waals surface area contributed by atoms with Gasteiger partial charge in [-0.1, -0.05) is 116 Å². The third-order valence-corrected chi connectivity index (χ3v) is 5.82. The highest BCUT2D eigenvalue weighted by molar-refractivity contribution is 5.69. The van der Waals surface area contributed by atoms with Crippen LogP contribution in [0.2, 0.25) is 0 Å². The molecule has 0 bridgehead atoms. The van der Waals surface area contributed by atoms with E-state index < -0.39 is 5.97 Å². The van der Waals surface area contributed by atoms with Crippen LogP contribution in [-0.2, 0) is 4.79 Å².